The Balaban J connectivity index is 2.03. The van der Waals surface area contributed by atoms with Gasteiger partial charge in [0.25, 0.3) is 0 Å². The third kappa shape index (κ3) is 6.57. The van der Waals surface area contributed by atoms with Gasteiger partial charge in [0.1, 0.15) is 24.1 Å². The lowest BCUT2D eigenvalue weighted by atomic mass is 10.1. The number of carboxylic acids is 1. The van der Waals surface area contributed by atoms with Gasteiger partial charge in [0.15, 0.2) is 0 Å². The number of nitrogens with one attached hydrogen (secondary N) is 2. The van der Waals surface area contributed by atoms with Gasteiger partial charge < -0.3 is 14.6 Å². The number of anilines is 1. The summed E-state index contributed by atoms with van der Waals surface area (Å²) in [7, 11) is -4.38. The van der Waals surface area contributed by atoms with E-state index in [0.29, 0.717) is 9.87 Å². The molecule has 0 spiro atoms. The molecule has 13 heteroatoms. The summed E-state index contributed by atoms with van der Waals surface area (Å²) in [5, 5.41) is 11.8. The molecule has 2 rings (SSSR count). The number of nitrogens with zero attached hydrogens (tertiary/aromatic N) is 2. The Labute approximate surface area is 167 Å². The van der Waals surface area contributed by atoms with Crippen LogP contribution in [-0.2, 0) is 30.9 Å². The maximum Gasteiger partial charge on any atom is 0.424 e. The maximum absolute atomic E-state index is 12.2. The van der Waals surface area contributed by atoms with Crippen molar-refractivity contribution >= 4 is 34.2 Å². The molecule has 29 heavy (non-hydrogen) atoms. The van der Waals surface area contributed by atoms with Gasteiger partial charge >= 0.3 is 28.4 Å². The average Bonchev–Trinajstić information content (AvgIpc) is 3.01. The number of aromatic nitrogens is 1. The van der Waals surface area contributed by atoms with E-state index < -0.39 is 40.0 Å². The maximum atomic E-state index is 12.2. The summed E-state index contributed by atoms with van der Waals surface area (Å²) in [6, 6.07) is 1.36. The second-order valence-corrected chi connectivity index (χ2v) is 8.71. The third-order valence-corrected chi connectivity index (χ3v) is 4.99. The molecule has 1 fully saturated rings. The summed E-state index contributed by atoms with van der Waals surface area (Å²) in [6.45, 7) is 4.81. The molecule has 1 aliphatic heterocycles. The molecule has 1 aromatic heterocycles. The quantitative estimate of drug-likeness (QED) is 0.565. The van der Waals surface area contributed by atoms with Crippen molar-refractivity contribution in [2.24, 2.45) is 0 Å². The molecule has 1 aliphatic rings. The van der Waals surface area contributed by atoms with Crippen LogP contribution in [0.1, 0.15) is 26.3 Å². The van der Waals surface area contributed by atoms with Gasteiger partial charge in [-0.3, -0.25) is 10.1 Å². The topological polar surface area (TPSA) is 164 Å². The first-order valence-electron chi connectivity index (χ1n) is 8.52. The van der Waals surface area contributed by atoms with Crippen LogP contribution in [0.2, 0.25) is 0 Å². The minimum Gasteiger partial charge on any atom is -0.480 e. The number of ether oxygens (including phenoxy) is 2. The molecule has 0 radical (unpaired) electrons. The van der Waals surface area contributed by atoms with Gasteiger partial charge in [-0.25, -0.2) is 14.6 Å². The van der Waals surface area contributed by atoms with Crippen molar-refractivity contribution < 1.29 is 37.4 Å². The molecule has 0 aliphatic carbocycles. The third-order valence-electron chi connectivity index (χ3n) is 3.50. The summed E-state index contributed by atoms with van der Waals surface area (Å²) in [4.78, 5) is 38.6. The minimum absolute atomic E-state index is 0.104. The van der Waals surface area contributed by atoms with E-state index in [1.165, 1.54) is 18.3 Å². The highest BCUT2D eigenvalue weighted by molar-refractivity contribution is 7.87. The Kier molecular flexibility index (Phi) is 6.64. The Morgan fingerprint density at radius 1 is 1.38 bits per heavy atom. The number of hydrogen-bond acceptors (Lipinski definition) is 8. The van der Waals surface area contributed by atoms with Crippen molar-refractivity contribution in [2.45, 2.75) is 38.8 Å². The molecule has 1 unspecified atom stereocenters. The zero-order chi connectivity index (χ0) is 21.8. The van der Waals surface area contributed by atoms with Crippen LogP contribution in [0.3, 0.4) is 0 Å². The van der Waals surface area contributed by atoms with Crippen LogP contribution in [0.4, 0.5) is 15.4 Å². The van der Waals surface area contributed by atoms with Crippen molar-refractivity contribution in [1.29, 1.82) is 0 Å². The monoisotopic (exact) mass is 430 g/mol. The highest BCUT2D eigenvalue weighted by atomic mass is 32.2. The highest BCUT2D eigenvalue weighted by Gasteiger charge is 2.36. The highest BCUT2D eigenvalue weighted by Crippen LogP contribution is 2.13. The molecule has 1 aromatic rings. The lowest BCUT2D eigenvalue weighted by Gasteiger charge is -2.20. The summed E-state index contributed by atoms with van der Waals surface area (Å²) in [5.41, 5.74) is -0.295. The first-order chi connectivity index (χ1) is 13.4. The number of carboxylic acid groups (broad SMARTS) is 1. The van der Waals surface area contributed by atoms with Crippen LogP contribution in [0.25, 0.3) is 0 Å². The lowest BCUT2D eigenvalue weighted by Crippen LogP contribution is -2.49. The smallest absolute Gasteiger partial charge is 0.424 e. The van der Waals surface area contributed by atoms with Crippen molar-refractivity contribution in [2.75, 3.05) is 18.5 Å². The molecular weight excluding hydrogens is 408 g/mol. The van der Waals surface area contributed by atoms with E-state index in [2.05, 4.69) is 15.0 Å². The second-order valence-electron chi connectivity index (χ2n) is 7.08. The van der Waals surface area contributed by atoms with Gasteiger partial charge in [-0.2, -0.15) is 17.4 Å². The number of carbonyl (C=O) groups is 3. The molecule has 0 saturated carbocycles. The number of carbonyl (C=O) groups excluding carboxylic acids is 2. The van der Waals surface area contributed by atoms with Crippen molar-refractivity contribution in [3.63, 3.8) is 0 Å². The van der Waals surface area contributed by atoms with Crippen LogP contribution >= 0.6 is 0 Å². The largest absolute Gasteiger partial charge is 0.480 e. The van der Waals surface area contributed by atoms with Crippen molar-refractivity contribution in [3.8, 4) is 0 Å². The normalized spacial score (nSPS) is 15.6. The van der Waals surface area contributed by atoms with Crippen LogP contribution in [0.5, 0.6) is 0 Å². The van der Waals surface area contributed by atoms with E-state index in [1.807, 2.05) is 4.72 Å². The fourth-order valence-electron chi connectivity index (χ4n) is 2.28. The molecule has 2 heterocycles. The molecule has 0 bridgehead atoms. The Morgan fingerprint density at radius 2 is 2.07 bits per heavy atom. The first kappa shape index (κ1) is 22.4. The molecule has 1 atom stereocenters. The molecule has 3 N–H and O–H groups in total. The van der Waals surface area contributed by atoms with Crippen molar-refractivity contribution in [1.82, 2.24) is 14.0 Å². The fourth-order valence-corrected chi connectivity index (χ4v) is 3.52. The Morgan fingerprint density at radius 3 is 2.55 bits per heavy atom. The average molecular weight is 430 g/mol. The van der Waals surface area contributed by atoms with Crippen LogP contribution in [0.15, 0.2) is 18.3 Å². The van der Waals surface area contributed by atoms with Gasteiger partial charge in [0, 0.05) is 12.6 Å². The lowest BCUT2D eigenvalue weighted by molar-refractivity contribution is -0.138. The second kappa shape index (κ2) is 8.61. The van der Waals surface area contributed by atoms with E-state index in [4.69, 9.17) is 4.74 Å². The van der Waals surface area contributed by atoms with Crippen molar-refractivity contribution in [3.05, 3.63) is 23.9 Å². The van der Waals surface area contributed by atoms with Gasteiger partial charge in [-0.05, 0) is 32.4 Å². The standard InChI is InChI=1S/C16H22N4O8S/c1-16(2,3)28-14(23)18-12-5-4-10(9-17-12)8-11(13(21)22)19-29(25,26)20-6-7-27-15(20)24/h4-5,9,11,19H,6-8H2,1-3H3,(H,21,22)(H,17,18,23). The predicted molar refractivity (Wildman–Crippen MR) is 99.3 cm³/mol. The number of rotatable bonds is 7. The van der Waals surface area contributed by atoms with E-state index in [0.717, 1.165) is 0 Å². The predicted octanol–water partition coefficient (Wildman–Crippen LogP) is 0.711. The minimum atomic E-state index is -4.38. The van der Waals surface area contributed by atoms with Gasteiger partial charge in [-0.15, -0.1) is 0 Å². The molecule has 12 nitrogen and oxygen atoms in total. The number of aliphatic carboxylic acids is 1. The van der Waals surface area contributed by atoms with E-state index in [-0.39, 0.29) is 25.4 Å². The van der Waals surface area contributed by atoms with E-state index >= 15 is 0 Å². The van der Waals surface area contributed by atoms with Gasteiger partial charge in [0.2, 0.25) is 0 Å². The fraction of sp³-hybridized carbons (Fsp3) is 0.500. The molecule has 0 aromatic carbocycles. The summed E-state index contributed by atoms with van der Waals surface area (Å²) >= 11 is 0. The van der Waals surface area contributed by atoms with Gasteiger partial charge in [-0.1, -0.05) is 6.07 Å². The number of pyridine rings is 1. The van der Waals surface area contributed by atoms with Crippen LogP contribution in [0, 0.1) is 0 Å². The number of cyclic esters (lactones) is 1. The summed E-state index contributed by atoms with van der Waals surface area (Å²) < 4.78 is 36.5. The molecule has 1 saturated heterocycles. The first-order valence-corrected chi connectivity index (χ1v) is 9.96. The Bertz CT molecular complexity index is 879. The zero-order valence-electron chi connectivity index (χ0n) is 16.0. The number of hydrogen-bond donors (Lipinski definition) is 3. The van der Waals surface area contributed by atoms with Gasteiger partial charge in [0.05, 0.1) is 6.54 Å². The SMILES string of the molecule is CC(C)(C)OC(=O)Nc1ccc(CC(NS(=O)(=O)N2CCOC2=O)C(=O)O)cn1. The van der Waals surface area contributed by atoms with E-state index in [1.54, 1.807) is 20.8 Å². The number of amides is 2. The van der Waals surface area contributed by atoms with Crippen LogP contribution < -0.4 is 10.0 Å². The summed E-state index contributed by atoms with van der Waals surface area (Å²) in [6.07, 6.45) is -0.717. The molecular formula is C16H22N4O8S. The zero-order valence-corrected chi connectivity index (χ0v) is 16.9. The Hall–Kier alpha value is -2.93. The van der Waals surface area contributed by atoms with Crippen LogP contribution in [-0.4, -0.2) is 65.8 Å². The summed E-state index contributed by atoms with van der Waals surface area (Å²) in [5.74, 6) is -1.26. The molecule has 2 amide bonds. The molecule has 160 valence electrons. The van der Waals surface area contributed by atoms with E-state index in [9.17, 15) is 27.9 Å².